The molecule has 2 fully saturated rings. The molecule has 2 aliphatic rings. The molecule has 4 heteroatoms. The minimum Gasteiger partial charge on any atom is -0.326 e. The van der Waals surface area contributed by atoms with Crippen molar-refractivity contribution in [2.45, 2.75) is 57.2 Å². The van der Waals surface area contributed by atoms with Crippen molar-refractivity contribution in [1.82, 2.24) is 4.90 Å². The first-order valence-corrected chi connectivity index (χ1v) is 9.09. The molecule has 2 nitrogen and oxygen atoms in total. The van der Waals surface area contributed by atoms with E-state index in [4.69, 9.17) is 5.73 Å². The first-order chi connectivity index (χ1) is 9.16. The van der Waals surface area contributed by atoms with Gasteiger partial charge in [-0.1, -0.05) is 12.8 Å². The van der Waals surface area contributed by atoms with Gasteiger partial charge in [0.05, 0.1) is 6.04 Å². The number of likely N-dealkylation sites (tertiary alicyclic amines) is 1. The highest BCUT2D eigenvalue weighted by atomic mass is 79.9. The summed E-state index contributed by atoms with van der Waals surface area (Å²) in [6.07, 6.45) is 7.02. The van der Waals surface area contributed by atoms with E-state index in [0.717, 1.165) is 12.0 Å². The Bertz CT molecular complexity index is 432. The van der Waals surface area contributed by atoms with Gasteiger partial charge in [0.1, 0.15) is 0 Å². The lowest BCUT2D eigenvalue weighted by atomic mass is 9.84. The second kappa shape index (κ2) is 5.84. The van der Waals surface area contributed by atoms with Crippen molar-refractivity contribution in [1.29, 1.82) is 0 Å². The molecule has 2 N–H and O–H groups in total. The van der Waals surface area contributed by atoms with Gasteiger partial charge in [-0.2, -0.15) is 0 Å². The standard InChI is InChI=1S/C15H23BrN2S/c1-10(17)15(14-8-12(16)9-19-14)18-7-6-11-4-2-3-5-13(11)18/h8-11,13,15H,2-7,17H2,1H3. The molecule has 1 saturated heterocycles. The highest BCUT2D eigenvalue weighted by Crippen LogP contribution is 2.42. The molecule has 3 rings (SSSR count). The Morgan fingerprint density at radius 1 is 1.37 bits per heavy atom. The number of nitrogens with zero attached hydrogens (tertiary/aromatic N) is 1. The highest BCUT2D eigenvalue weighted by Gasteiger charge is 2.40. The van der Waals surface area contributed by atoms with Gasteiger partial charge in [0.15, 0.2) is 0 Å². The summed E-state index contributed by atoms with van der Waals surface area (Å²) in [7, 11) is 0. The SMILES string of the molecule is CC(N)C(c1cc(Br)cs1)N1CCC2CCCCC21. The van der Waals surface area contributed by atoms with Crippen molar-refractivity contribution in [2.24, 2.45) is 11.7 Å². The fraction of sp³-hybridized carbons (Fsp3) is 0.733. The van der Waals surface area contributed by atoms with Gasteiger partial charge in [-0.3, -0.25) is 4.90 Å². The molecule has 4 atom stereocenters. The molecule has 0 amide bonds. The van der Waals surface area contributed by atoms with E-state index in [1.165, 1.54) is 48.0 Å². The fourth-order valence-electron chi connectivity index (χ4n) is 4.00. The largest absolute Gasteiger partial charge is 0.326 e. The Morgan fingerprint density at radius 3 is 2.84 bits per heavy atom. The van der Waals surface area contributed by atoms with Gasteiger partial charge in [0.25, 0.3) is 0 Å². The maximum Gasteiger partial charge on any atom is 0.0593 e. The Balaban J connectivity index is 1.84. The third-order valence-corrected chi connectivity index (χ3v) is 6.55. The van der Waals surface area contributed by atoms with Crippen molar-refractivity contribution in [2.75, 3.05) is 6.54 Å². The third-order valence-electron chi connectivity index (χ3n) is 4.79. The summed E-state index contributed by atoms with van der Waals surface area (Å²) >= 11 is 5.42. The Morgan fingerprint density at radius 2 is 2.16 bits per heavy atom. The number of thiophene rings is 1. The molecule has 0 bridgehead atoms. The van der Waals surface area contributed by atoms with E-state index in [9.17, 15) is 0 Å². The molecule has 1 aliphatic heterocycles. The molecule has 106 valence electrons. The van der Waals surface area contributed by atoms with Crippen LogP contribution in [0.4, 0.5) is 0 Å². The smallest absolute Gasteiger partial charge is 0.0593 e. The zero-order chi connectivity index (χ0) is 13.4. The molecule has 1 aromatic rings. The predicted molar refractivity (Wildman–Crippen MR) is 85.5 cm³/mol. The lowest BCUT2D eigenvalue weighted by Gasteiger charge is -2.38. The maximum absolute atomic E-state index is 6.33. The molecule has 0 radical (unpaired) electrons. The van der Waals surface area contributed by atoms with E-state index in [2.05, 4.69) is 39.2 Å². The minimum absolute atomic E-state index is 0.200. The number of hydrogen-bond donors (Lipinski definition) is 1. The zero-order valence-corrected chi connectivity index (χ0v) is 13.9. The van der Waals surface area contributed by atoms with Gasteiger partial charge >= 0.3 is 0 Å². The average molecular weight is 343 g/mol. The average Bonchev–Trinajstić information content (AvgIpc) is 2.98. The first-order valence-electron chi connectivity index (χ1n) is 7.42. The van der Waals surface area contributed by atoms with E-state index in [1.807, 2.05) is 11.3 Å². The molecule has 2 heterocycles. The molecular formula is C15H23BrN2S. The number of hydrogen-bond acceptors (Lipinski definition) is 3. The van der Waals surface area contributed by atoms with Gasteiger partial charge in [-0.15, -0.1) is 11.3 Å². The van der Waals surface area contributed by atoms with Crippen molar-refractivity contribution in [3.05, 3.63) is 20.8 Å². The summed E-state index contributed by atoms with van der Waals surface area (Å²) in [4.78, 5) is 4.14. The van der Waals surface area contributed by atoms with Gasteiger partial charge < -0.3 is 5.73 Å². The summed E-state index contributed by atoms with van der Waals surface area (Å²) in [6, 6.07) is 3.65. The topological polar surface area (TPSA) is 29.3 Å². The summed E-state index contributed by atoms with van der Waals surface area (Å²) in [5.41, 5.74) is 6.33. The van der Waals surface area contributed by atoms with Gasteiger partial charge in [0, 0.05) is 26.8 Å². The molecule has 0 spiro atoms. The maximum atomic E-state index is 6.33. The predicted octanol–water partition coefficient (Wildman–Crippen LogP) is 4.16. The van der Waals surface area contributed by atoms with E-state index >= 15 is 0 Å². The summed E-state index contributed by atoms with van der Waals surface area (Å²) in [5, 5.41) is 2.18. The number of halogens is 1. The van der Waals surface area contributed by atoms with Crippen LogP contribution in [0.2, 0.25) is 0 Å². The molecule has 19 heavy (non-hydrogen) atoms. The van der Waals surface area contributed by atoms with Crippen LogP contribution in [0, 0.1) is 5.92 Å². The lowest BCUT2D eigenvalue weighted by molar-refractivity contribution is 0.121. The van der Waals surface area contributed by atoms with Gasteiger partial charge in [-0.05, 0) is 60.6 Å². The normalized spacial score (nSPS) is 31.1. The fourth-order valence-corrected chi connectivity index (χ4v) is 5.68. The Kier molecular flexibility index (Phi) is 4.32. The monoisotopic (exact) mass is 342 g/mol. The van der Waals surface area contributed by atoms with Crippen LogP contribution in [0.25, 0.3) is 0 Å². The second-order valence-electron chi connectivity index (χ2n) is 6.11. The molecule has 1 aliphatic carbocycles. The lowest BCUT2D eigenvalue weighted by Crippen LogP contribution is -2.43. The van der Waals surface area contributed by atoms with Crippen molar-refractivity contribution in [3.63, 3.8) is 0 Å². The van der Waals surface area contributed by atoms with Crippen LogP contribution in [0.1, 0.15) is 49.9 Å². The number of nitrogens with two attached hydrogens (primary N) is 1. The minimum atomic E-state index is 0.200. The van der Waals surface area contributed by atoms with Crippen LogP contribution in [0.3, 0.4) is 0 Å². The molecule has 4 unspecified atom stereocenters. The van der Waals surface area contributed by atoms with E-state index in [0.29, 0.717) is 6.04 Å². The quantitative estimate of drug-likeness (QED) is 0.893. The highest BCUT2D eigenvalue weighted by molar-refractivity contribution is 9.10. The molecule has 0 aromatic carbocycles. The van der Waals surface area contributed by atoms with Crippen molar-refractivity contribution < 1.29 is 0 Å². The summed E-state index contributed by atoms with van der Waals surface area (Å²) in [5.74, 6) is 0.929. The van der Waals surface area contributed by atoms with Crippen LogP contribution >= 0.6 is 27.3 Å². The van der Waals surface area contributed by atoms with Gasteiger partial charge in [-0.25, -0.2) is 0 Å². The molecular weight excluding hydrogens is 320 g/mol. The van der Waals surface area contributed by atoms with E-state index in [1.54, 1.807) is 0 Å². The molecule has 1 saturated carbocycles. The Hall–Kier alpha value is 0.1000. The van der Waals surface area contributed by atoms with E-state index in [-0.39, 0.29) is 6.04 Å². The Labute approximate surface area is 128 Å². The van der Waals surface area contributed by atoms with Crippen LogP contribution in [0.5, 0.6) is 0 Å². The van der Waals surface area contributed by atoms with Crippen LogP contribution in [0.15, 0.2) is 15.9 Å². The van der Waals surface area contributed by atoms with Gasteiger partial charge in [0.2, 0.25) is 0 Å². The second-order valence-corrected chi connectivity index (χ2v) is 7.97. The summed E-state index contributed by atoms with van der Waals surface area (Å²) in [6.45, 7) is 3.39. The number of fused-ring (bicyclic) bond motifs is 1. The van der Waals surface area contributed by atoms with E-state index < -0.39 is 0 Å². The van der Waals surface area contributed by atoms with Crippen LogP contribution in [-0.2, 0) is 0 Å². The zero-order valence-electron chi connectivity index (χ0n) is 11.5. The first kappa shape index (κ1) is 14.1. The number of rotatable bonds is 3. The summed E-state index contributed by atoms with van der Waals surface area (Å²) < 4.78 is 1.19. The van der Waals surface area contributed by atoms with Crippen molar-refractivity contribution >= 4 is 27.3 Å². The van der Waals surface area contributed by atoms with Crippen LogP contribution < -0.4 is 5.73 Å². The third kappa shape index (κ3) is 2.78. The van der Waals surface area contributed by atoms with Crippen molar-refractivity contribution in [3.8, 4) is 0 Å². The van der Waals surface area contributed by atoms with Crippen LogP contribution in [-0.4, -0.2) is 23.5 Å². The molecule has 1 aromatic heterocycles.